The molecule has 1 aromatic heterocycles. The number of benzene rings is 2. The number of aromatic nitrogens is 1. The summed E-state index contributed by atoms with van der Waals surface area (Å²) < 4.78 is 39.3. The minimum Gasteiger partial charge on any atom is -0.497 e. The van der Waals surface area contributed by atoms with E-state index in [1.165, 1.54) is 23.3 Å². The Hall–Kier alpha value is -1.74. The lowest BCUT2D eigenvalue weighted by atomic mass is 10.2. The topological polar surface area (TPSA) is 60.8 Å². The zero-order chi connectivity index (χ0) is 20.5. The molecule has 0 saturated heterocycles. The molecule has 1 heterocycles. The molecule has 0 aliphatic heterocycles. The van der Waals surface area contributed by atoms with Crippen LogP contribution in [0.15, 0.2) is 52.0 Å². The summed E-state index contributed by atoms with van der Waals surface area (Å²) in [5, 5.41) is 1.12. The van der Waals surface area contributed by atoms with E-state index < -0.39 is 10.0 Å². The number of halogens is 2. The molecule has 28 heavy (non-hydrogen) atoms. The summed E-state index contributed by atoms with van der Waals surface area (Å²) >= 11 is 9.46. The van der Waals surface area contributed by atoms with Crippen LogP contribution in [0.5, 0.6) is 11.5 Å². The van der Waals surface area contributed by atoms with Crippen LogP contribution in [0, 0.1) is 0 Å². The Morgan fingerprint density at radius 1 is 1.18 bits per heavy atom. The van der Waals surface area contributed by atoms with Crippen molar-refractivity contribution >= 4 is 48.5 Å². The maximum Gasteiger partial charge on any atom is 0.269 e. The molecule has 0 saturated carbocycles. The molecule has 0 radical (unpaired) electrons. The van der Waals surface area contributed by atoms with Gasteiger partial charge in [0.15, 0.2) is 0 Å². The van der Waals surface area contributed by atoms with E-state index in [1.807, 2.05) is 19.0 Å². The van der Waals surface area contributed by atoms with Gasteiger partial charge < -0.3 is 14.4 Å². The molecule has 0 N–H and O–H groups in total. The fraction of sp³-hybridized carbons (Fsp3) is 0.263. The lowest BCUT2D eigenvalue weighted by molar-refractivity contribution is 0.263. The van der Waals surface area contributed by atoms with Crippen LogP contribution in [-0.2, 0) is 10.0 Å². The Balaban J connectivity index is 2.12. The highest BCUT2D eigenvalue weighted by atomic mass is 79.9. The van der Waals surface area contributed by atoms with E-state index >= 15 is 0 Å². The lowest BCUT2D eigenvalue weighted by Gasteiger charge is -2.11. The molecule has 0 spiro atoms. The third-order valence-electron chi connectivity index (χ3n) is 4.17. The van der Waals surface area contributed by atoms with E-state index in [1.54, 1.807) is 30.3 Å². The van der Waals surface area contributed by atoms with Crippen LogP contribution >= 0.6 is 27.5 Å². The number of hydrogen-bond acceptors (Lipinski definition) is 5. The van der Waals surface area contributed by atoms with E-state index in [0.717, 1.165) is 0 Å². The van der Waals surface area contributed by atoms with Gasteiger partial charge in [0.25, 0.3) is 10.0 Å². The fourth-order valence-corrected chi connectivity index (χ4v) is 5.26. The molecule has 0 aliphatic rings. The van der Waals surface area contributed by atoms with Crippen LogP contribution in [-0.4, -0.2) is 51.6 Å². The molecule has 2 aromatic carbocycles. The third kappa shape index (κ3) is 4.15. The number of hydrogen-bond donors (Lipinski definition) is 0. The average Bonchev–Trinajstić information content (AvgIpc) is 2.99. The monoisotopic (exact) mass is 486 g/mol. The van der Waals surface area contributed by atoms with Crippen molar-refractivity contribution in [3.63, 3.8) is 0 Å². The Morgan fingerprint density at radius 3 is 2.57 bits per heavy atom. The fourth-order valence-electron chi connectivity index (χ4n) is 2.72. The number of methoxy groups -OCH3 is 1. The van der Waals surface area contributed by atoms with Gasteiger partial charge in [-0.1, -0.05) is 11.6 Å². The van der Waals surface area contributed by atoms with Crippen LogP contribution in [0.3, 0.4) is 0 Å². The number of likely N-dealkylation sites (N-methyl/N-ethyl adjacent to an activating group) is 1. The van der Waals surface area contributed by atoms with Crippen LogP contribution in [0.25, 0.3) is 10.9 Å². The van der Waals surface area contributed by atoms with E-state index in [-0.39, 0.29) is 4.90 Å². The number of fused-ring (bicyclic) bond motifs is 1. The normalized spacial score (nSPS) is 11.9. The standard InChI is InChI=1S/C19H20BrClN2O4S/c1-22(2)8-9-27-18-12-23(17-10-13(21)4-6-15(17)18)28(24,25)19-7-5-14(26-3)11-16(19)20/h4-7,10-12H,8-9H2,1-3H3. The minimum atomic E-state index is -3.89. The van der Waals surface area contributed by atoms with Gasteiger partial charge in [-0.25, -0.2) is 12.4 Å². The van der Waals surface area contributed by atoms with Crippen LogP contribution in [0.4, 0.5) is 0 Å². The van der Waals surface area contributed by atoms with Gasteiger partial charge in [-0.15, -0.1) is 0 Å². The molecular weight excluding hydrogens is 468 g/mol. The quantitative estimate of drug-likeness (QED) is 0.499. The van der Waals surface area contributed by atoms with E-state index in [0.29, 0.717) is 45.0 Å². The van der Waals surface area contributed by atoms with Crippen molar-refractivity contribution in [2.24, 2.45) is 0 Å². The maximum atomic E-state index is 13.4. The first-order valence-electron chi connectivity index (χ1n) is 8.41. The molecule has 6 nitrogen and oxygen atoms in total. The van der Waals surface area contributed by atoms with Gasteiger partial charge in [0.2, 0.25) is 0 Å². The Kier molecular flexibility index (Phi) is 6.24. The largest absolute Gasteiger partial charge is 0.497 e. The molecule has 0 bridgehead atoms. The van der Waals surface area contributed by atoms with Gasteiger partial charge in [0, 0.05) is 21.4 Å². The molecule has 0 amide bonds. The first kappa shape index (κ1) is 21.0. The molecule has 150 valence electrons. The molecule has 9 heteroatoms. The second kappa shape index (κ2) is 8.32. The summed E-state index contributed by atoms with van der Waals surface area (Å²) in [6.07, 6.45) is 1.49. The zero-order valence-corrected chi connectivity index (χ0v) is 18.8. The second-order valence-corrected chi connectivity index (χ2v) is 9.48. The van der Waals surface area contributed by atoms with E-state index in [9.17, 15) is 8.42 Å². The van der Waals surface area contributed by atoms with Crippen molar-refractivity contribution in [2.45, 2.75) is 4.90 Å². The third-order valence-corrected chi connectivity index (χ3v) is 7.05. The summed E-state index contributed by atoms with van der Waals surface area (Å²) in [5.74, 6) is 1.04. The van der Waals surface area contributed by atoms with Gasteiger partial charge in [-0.05, 0) is 66.4 Å². The predicted octanol–water partition coefficient (Wildman–Crippen LogP) is 4.24. The maximum absolute atomic E-state index is 13.4. The Labute approximate surface area is 177 Å². The molecule has 0 aliphatic carbocycles. The molecule has 0 atom stereocenters. The number of ether oxygens (including phenoxy) is 2. The van der Waals surface area contributed by atoms with Crippen molar-refractivity contribution in [3.8, 4) is 11.5 Å². The number of rotatable bonds is 7. The SMILES string of the molecule is COc1ccc(S(=O)(=O)n2cc(OCCN(C)C)c3ccc(Cl)cc32)c(Br)c1. The number of nitrogens with zero attached hydrogens (tertiary/aromatic N) is 2. The molecule has 0 unspecified atom stereocenters. The summed E-state index contributed by atoms with van der Waals surface area (Å²) in [4.78, 5) is 2.10. The molecular formula is C19H20BrClN2O4S. The smallest absolute Gasteiger partial charge is 0.269 e. The first-order valence-corrected chi connectivity index (χ1v) is 11.0. The minimum absolute atomic E-state index is 0.116. The van der Waals surface area contributed by atoms with Crippen molar-refractivity contribution in [3.05, 3.63) is 52.1 Å². The van der Waals surface area contributed by atoms with Gasteiger partial charge in [-0.3, -0.25) is 0 Å². The van der Waals surface area contributed by atoms with Crippen molar-refractivity contribution < 1.29 is 17.9 Å². The molecule has 3 aromatic rings. The van der Waals surface area contributed by atoms with Crippen molar-refractivity contribution in [1.82, 2.24) is 8.87 Å². The van der Waals surface area contributed by atoms with Gasteiger partial charge in [0.05, 0.1) is 18.8 Å². The zero-order valence-electron chi connectivity index (χ0n) is 15.6. The van der Waals surface area contributed by atoms with Crippen molar-refractivity contribution in [1.29, 1.82) is 0 Å². The Bertz CT molecular complexity index is 1110. The van der Waals surface area contributed by atoms with Gasteiger partial charge >= 0.3 is 0 Å². The first-order chi connectivity index (χ1) is 13.2. The summed E-state index contributed by atoms with van der Waals surface area (Å²) in [6.45, 7) is 1.14. The van der Waals surface area contributed by atoms with Crippen molar-refractivity contribution in [2.75, 3.05) is 34.4 Å². The van der Waals surface area contributed by atoms with Crippen LogP contribution in [0.1, 0.15) is 0 Å². The van der Waals surface area contributed by atoms with E-state index in [2.05, 4.69) is 15.9 Å². The summed E-state index contributed by atoms with van der Waals surface area (Å²) in [6, 6.07) is 9.80. The van der Waals surface area contributed by atoms with Gasteiger partial charge in [-0.2, -0.15) is 0 Å². The summed E-state index contributed by atoms with van der Waals surface area (Å²) in [5.41, 5.74) is 0.454. The molecule has 3 rings (SSSR count). The van der Waals surface area contributed by atoms with E-state index in [4.69, 9.17) is 21.1 Å². The average molecular weight is 488 g/mol. The second-order valence-electron chi connectivity index (χ2n) is 6.40. The van der Waals surface area contributed by atoms with Crippen LogP contribution in [0.2, 0.25) is 5.02 Å². The summed E-state index contributed by atoms with van der Waals surface area (Å²) in [7, 11) is 1.51. The Morgan fingerprint density at radius 2 is 1.93 bits per heavy atom. The highest BCUT2D eigenvalue weighted by Crippen LogP contribution is 2.35. The predicted molar refractivity (Wildman–Crippen MR) is 114 cm³/mol. The highest BCUT2D eigenvalue weighted by molar-refractivity contribution is 9.10. The highest BCUT2D eigenvalue weighted by Gasteiger charge is 2.24. The molecule has 0 fully saturated rings. The lowest BCUT2D eigenvalue weighted by Crippen LogP contribution is -2.19. The van der Waals surface area contributed by atoms with Crippen LogP contribution < -0.4 is 9.47 Å². The van der Waals surface area contributed by atoms with Gasteiger partial charge in [0.1, 0.15) is 23.0 Å².